The van der Waals surface area contributed by atoms with Gasteiger partial charge in [0, 0.05) is 6.42 Å². The van der Waals surface area contributed by atoms with E-state index in [0.29, 0.717) is 0 Å². The molecule has 1 aromatic rings. The molecule has 344 valence electrons. The summed E-state index contributed by atoms with van der Waals surface area (Å²) in [5, 5.41) is 0. The van der Waals surface area contributed by atoms with Crippen LogP contribution in [0.5, 0.6) is 0 Å². The van der Waals surface area contributed by atoms with Crippen molar-refractivity contribution in [1.29, 1.82) is 0 Å². The van der Waals surface area contributed by atoms with Gasteiger partial charge in [0.05, 0.1) is 13.1 Å². The molecule has 2 nitrogen and oxygen atoms in total. The summed E-state index contributed by atoms with van der Waals surface area (Å²) in [4.78, 5) is 0. The molecule has 0 fully saturated rings. The molecule has 0 atom stereocenters. The highest BCUT2D eigenvalue weighted by molar-refractivity contribution is 4.84. The van der Waals surface area contributed by atoms with Gasteiger partial charge < -0.3 is 0 Å². The Morgan fingerprint density at radius 1 is 0.293 bits per heavy atom. The molecule has 1 heterocycles. The van der Waals surface area contributed by atoms with Gasteiger partial charge >= 0.3 is 0 Å². The molecule has 0 saturated carbocycles. The summed E-state index contributed by atoms with van der Waals surface area (Å²) in [6.07, 6.45) is 74.3. The monoisotopic (exact) mass is 812 g/mol. The smallest absolute Gasteiger partial charge is 0.234 e. The van der Waals surface area contributed by atoms with Gasteiger partial charge in [0.25, 0.3) is 5.82 Å². The van der Waals surface area contributed by atoms with Gasteiger partial charge in [0.2, 0.25) is 0 Å². The standard InChI is InChI=1S/C56H111N2/c1-4-7-10-13-16-19-22-25-28-30-31-33-36-39-42-45-48-51-56-57(52-49-46-43-40-37-34-27-24-21-18-15-12-9-6-3)54-55-58(56)53-50-47-44-41-38-35-32-29-26-23-20-17-14-11-8-5-2/h54-55H,4-53H2,1-3H3/q+1. The second-order valence-corrected chi connectivity index (χ2v) is 19.4. The first-order chi connectivity index (χ1) is 28.8. The number of imidazole rings is 1. The summed E-state index contributed by atoms with van der Waals surface area (Å²) in [5.74, 6) is 1.64. The van der Waals surface area contributed by atoms with Crippen LogP contribution in [0.2, 0.25) is 0 Å². The van der Waals surface area contributed by atoms with Crippen LogP contribution in [-0.4, -0.2) is 4.57 Å². The molecule has 0 amide bonds. The van der Waals surface area contributed by atoms with Crippen molar-refractivity contribution in [2.45, 2.75) is 342 Å². The third kappa shape index (κ3) is 38.2. The Bertz CT molecular complexity index is 887. The molecule has 58 heavy (non-hydrogen) atoms. The van der Waals surface area contributed by atoms with Crippen molar-refractivity contribution in [2.75, 3.05) is 0 Å². The Kier molecular flexibility index (Phi) is 45.0. The molecule has 0 aliphatic rings. The minimum absolute atomic E-state index is 1.23. The van der Waals surface area contributed by atoms with Crippen LogP contribution in [0.3, 0.4) is 0 Å². The van der Waals surface area contributed by atoms with Gasteiger partial charge in [-0.3, -0.25) is 0 Å². The number of aryl methyl sites for hydroxylation is 2. The van der Waals surface area contributed by atoms with Crippen molar-refractivity contribution in [1.82, 2.24) is 4.57 Å². The fraction of sp³-hybridized carbons (Fsp3) is 0.946. The lowest BCUT2D eigenvalue weighted by Gasteiger charge is -2.07. The van der Waals surface area contributed by atoms with Gasteiger partial charge in [-0.25, -0.2) is 9.13 Å². The van der Waals surface area contributed by atoms with Crippen LogP contribution in [0.25, 0.3) is 0 Å². The highest BCUT2D eigenvalue weighted by Gasteiger charge is 2.16. The molecule has 0 spiro atoms. The highest BCUT2D eigenvalue weighted by Crippen LogP contribution is 2.18. The summed E-state index contributed by atoms with van der Waals surface area (Å²) >= 11 is 0. The molecule has 0 saturated heterocycles. The molecule has 0 N–H and O–H groups in total. The molecule has 0 aliphatic carbocycles. The molecule has 1 aromatic heterocycles. The maximum atomic E-state index is 2.67. The largest absolute Gasteiger partial charge is 0.256 e. The molecular formula is C56H111N2+. The lowest BCUT2D eigenvalue weighted by molar-refractivity contribution is -0.704. The van der Waals surface area contributed by atoms with Gasteiger partial charge in [-0.15, -0.1) is 0 Å². The molecule has 1 rings (SSSR count). The van der Waals surface area contributed by atoms with Crippen molar-refractivity contribution < 1.29 is 4.57 Å². The zero-order valence-corrected chi connectivity index (χ0v) is 40.9. The van der Waals surface area contributed by atoms with E-state index in [2.05, 4.69) is 42.3 Å². The minimum atomic E-state index is 1.23. The second kappa shape index (κ2) is 47.3. The number of unbranched alkanes of at least 4 members (excludes halogenated alkanes) is 44. The summed E-state index contributed by atoms with van der Waals surface area (Å²) in [6, 6.07) is 0. The van der Waals surface area contributed by atoms with E-state index in [1.54, 1.807) is 5.82 Å². The average molecular weight is 813 g/mol. The predicted octanol–water partition coefficient (Wildman–Crippen LogP) is 19.7. The summed E-state index contributed by atoms with van der Waals surface area (Å²) in [7, 11) is 0. The topological polar surface area (TPSA) is 8.81 Å². The fourth-order valence-electron chi connectivity index (χ4n) is 9.51. The molecular weight excluding hydrogens is 701 g/mol. The van der Waals surface area contributed by atoms with E-state index in [4.69, 9.17) is 0 Å². The Labute approximate surface area is 368 Å². The Hall–Kier alpha value is -0.790. The van der Waals surface area contributed by atoms with Crippen LogP contribution in [0, 0.1) is 0 Å². The first-order valence-corrected chi connectivity index (χ1v) is 27.9. The van der Waals surface area contributed by atoms with Crippen LogP contribution >= 0.6 is 0 Å². The first kappa shape index (κ1) is 55.2. The summed E-state index contributed by atoms with van der Waals surface area (Å²) in [5.41, 5.74) is 0. The van der Waals surface area contributed by atoms with Crippen molar-refractivity contribution in [2.24, 2.45) is 0 Å². The average Bonchev–Trinajstić information content (AvgIpc) is 3.62. The van der Waals surface area contributed by atoms with E-state index in [-0.39, 0.29) is 0 Å². The molecule has 0 aliphatic heterocycles. The normalized spacial score (nSPS) is 11.7. The van der Waals surface area contributed by atoms with Crippen LogP contribution < -0.4 is 4.57 Å². The van der Waals surface area contributed by atoms with Gasteiger partial charge in [-0.05, 0) is 32.1 Å². The van der Waals surface area contributed by atoms with Gasteiger partial charge in [0.1, 0.15) is 12.4 Å². The molecule has 2 heteroatoms. The van der Waals surface area contributed by atoms with Gasteiger partial charge in [-0.2, -0.15) is 0 Å². The lowest BCUT2D eigenvalue weighted by atomic mass is 10.0. The first-order valence-electron chi connectivity index (χ1n) is 27.9. The summed E-state index contributed by atoms with van der Waals surface area (Å²) < 4.78 is 5.33. The highest BCUT2D eigenvalue weighted by atomic mass is 15.1. The fourth-order valence-corrected chi connectivity index (χ4v) is 9.51. The predicted molar refractivity (Wildman–Crippen MR) is 262 cm³/mol. The van der Waals surface area contributed by atoms with Crippen LogP contribution in [-0.2, 0) is 19.5 Å². The minimum Gasteiger partial charge on any atom is -0.234 e. The van der Waals surface area contributed by atoms with Gasteiger partial charge in [0.15, 0.2) is 0 Å². The number of rotatable bonds is 50. The van der Waals surface area contributed by atoms with E-state index >= 15 is 0 Å². The number of aromatic nitrogens is 2. The van der Waals surface area contributed by atoms with Crippen molar-refractivity contribution >= 4 is 0 Å². The maximum absolute atomic E-state index is 2.67. The molecule has 0 aromatic carbocycles. The zero-order chi connectivity index (χ0) is 41.5. The Morgan fingerprint density at radius 3 is 0.828 bits per heavy atom. The molecule has 0 bridgehead atoms. The Morgan fingerprint density at radius 2 is 0.534 bits per heavy atom. The van der Waals surface area contributed by atoms with Gasteiger partial charge in [-0.1, -0.05) is 290 Å². The number of hydrogen-bond donors (Lipinski definition) is 0. The number of nitrogens with zero attached hydrogens (tertiary/aromatic N) is 2. The van der Waals surface area contributed by atoms with Crippen LogP contribution in [0.1, 0.15) is 328 Å². The maximum Gasteiger partial charge on any atom is 0.256 e. The quantitative estimate of drug-likeness (QED) is 0.0458. The second-order valence-electron chi connectivity index (χ2n) is 19.4. The SMILES string of the molecule is CCCCCCCCCCCCCCCCCCCc1n(CCCCCCCCCCCCCCCC)cc[n+]1CCCCCCCCCCCCCCCCCC. The third-order valence-electron chi connectivity index (χ3n) is 13.6. The van der Waals surface area contributed by atoms with Crippen molar-refractivity contribution in [3.63, 3.8) is 0 Å². The van der Waals surface area contributed by atoms with E-state index in [1.165, 1.54) is 321 Å². The number of hydrogen-bond acceptors (Lipinski definition) is 0. The lowest BCUT2D eigenvalue weighted by Crippen LogP contribution is -2.37. The van der Waals surface area contributed by atoms with Crippen LogP contribution in [0.4, 0.5) is 0 Å². The summed E-state index contributed by atoms with van der Waals surface area (Å²) in [6.45, 7) is 9.42. The van der Waals surface area contributed by atoms with Crippen molar-refractivity contribution in [3.05, 3.63) is 18.2 Å². The third-order valence-corrected chi connectivity index (χ3v) is 13.6. The molecule has 0 radical (unpaired) electrons. The van der Waals surface area contributed by atoms with E-state index in [9.17, 15) is 0 Å². The molecule has 0 unspecified atom stereocenters. The van der Waals surface area contributed by atoms with E-state index < -0.39 is 0 Å². The Balaban J connectivity index is 2.24. The van der Waals surface area contributed by atoms with Crippen molar-refractivity contribution in [3.8, 4) is 0 Å². The van der Waals surface area contributed by atoms with E-state index in [0.717, 1.165) is 0 Å². The van der Waals surface area contributed by atoms with Crippen LogP contribution in [0.15, 0.2) is 12.4 Å². The van der Waals surface area contributed by atoms with E-state index in [1.807, 2.05) is 0 Å². The zero-order valence-electron chi connectivity index (χ0n) is 40.9.